The van der Waals surface area contributed by atoms with Crippen LogP contribution in [-0.2, 0) is 4.79 Å². The minimum Gasteiger partial charge on any atom is -0.329 e. The number of nitrogens with two attached hydrogens (primary N) is 1. The van der Waals surface area contributed by atoms with E-state index in [2.05, 4.69) is 11.9 Å². The van der Waals surface area contributed by atoms with Crippen LogP contribution in [0.15, 0.2) is 12.3 Å². The second-order valence-corrected chi connectivity index (χ2v) is 2.24. The van der Waals surface area contributed by atoms with Crippen molar-refractivity contribution in [2.75, 3.05) is 0 Å². The summed E-state index contributed by atoms with van der Waals surface area (Å²) in [6.07, 6.45) is 1.54. The first kappa shape index (κ1) is 6.29. The summed E-state index contributed by atoms with van der Waals surface area (Å²) in [5.74, 6) is -0.105. The van der Waals surface area contributed by atoms with Crippen molar-refractivity contribution in [3.63, 3.8) is 0 Å². The second-order valence-electron chi connectivity index (χ2n) is 2.24. The van der Waals surface area contributed by atoms with Gasteiger partial charge in [-0.15, -0.1) is 0 Å². The van der Waals surface area contributed by atoms with Crippen LogP contribution in [0.4, 0.5) is 0 Å². The van der Waals surface area contributed by atoms with Gasteiger partial charge in [-0.3, -0.25) is 4.79 Å². The van der Waals surface area contributed by atoms with Gasteiger partial charge in [-0.2, -0.15) is 0 Å². The molecule has 1 rings (SSSR count). The summed E-state index contributed by atoms with van der Waals surface area (Å²) in [6.45, 7) is 3.61. The van der Waals surface area contributed by atoms with Gasteiger partial charge in [0.25, 0.3) is 0 Å². The van der Waals surface area contributed by atoms with Gasteiger partial charge in [0.1, 0.15) is 0 Å². The third-order valence-electron chi connectivity index (χ3n) is 1.39. The summed E-state index contributed by atoms with van der Waals surface area (Å²) < 4.78 is 0. The number of piperidine rings is 1. The lowest BCUT2D eigenvalue weighted by Gasteiger charge is -2.19. The van der Waals surface area contributed by atoms with Crippen LogP contribution in [0.5, 0.6) is 0 Å². The zero-order valence-corrected chi connectivity index (χ0v) is 5.18. The van der Waals surface area contributed by atoms with E-state index in [4.69, 9.17) is 5.73 Å². The zero-order chi connectivity index (χ0) is 6.85. The molecule has 0 bridgehead atoms. The lowest BCUT2D eigenvalue weighted by atomic mass is 10.1. The molecule has 1 atom stereocenters. The molecular formula is C6H10N2O. The molecule has 3 heteroatoms. The van der Waals surface area contributed by atoms with Crippen molar-refractivity contribution in [1.82, 2.24) is 5.32 Å². The van der Waals surface area contributed by atoms with Crippen LogP contribution in [0.1, 0.15) is 12.8 Å². The number of hydrogen-bond donors (Lipinski definition) is 2. The highest BCUT2D eigenvalue weighted by Gasteiger charge is 2.18. The topological polar surface area (TPSA) is 55.1 Å². The minimum absolute atomic E-state index is 0.105. The fraction of sp³-hybridized carbons (Fsp3) is 0.500. The summed E-state index contributed by atoms with van der Waals surface area (Å²) in [7, 11) is 0. The lowest BCUT2D eigenvalue weighted by molar-refractivity contribution is -0.122. The first-order valence-electron chi connectivity index (χ1n) is 2.94. The Labute approximate surface area is 53.9 Å². The molecule has 0 aromatic carbocycles. The number of hydrogen-bond acceptors (Lipinski definition) is 2. The highest BCUT2D eigenvalue weighted by atomic mass is 16.2. The lowest BCUT2D eigenvalue weighted by Crippen LogP contribution is -2.43. The Morgan fingerprint density at radius 2 is 2.44 bits per heavy atom. The number of nitrogens with one attached hydrogen (secondary N) is 1. The summed E-state index contributed by atoms with van der Waals surface area (Å²) in [4.78, 5) is 10.7. The predicted molar refractivity (Wildman–Crippen MR) is 34.5 cm³/mol. The number of rotatable bonds is 0. The summed E-state index contributed by atoms with van der Waals surface area (Å²) in [6, 6.07) is -0.324. The van der Waals surface area contributed by atoms with E-state index in [1.54, 1.807) is 0 Å². The van der Waals surface area contributed by atoms with Gasteiger partial charge in [0, 0.05) is 5.70 Å². The Balaban J connectivity index is 2.54. The molecule has 0 aromatic heterocycles. The molecular weight excluding hydrogens is 116 g/mol. The van der Waals surface area contributed by atoms with Crippen molar-refractivity contribution >= 4 is 5.91 Å². The smallest absolute Gasteiger partial charge is 0.241 e. The van der Waals surface area contributed by atoms with Crippen molar-refractivity contribution in [2.24, 2.45) is 5.73 Å². The maximum absolute atomic E-state index is 10.7. The fourth-order valence-electron chi connectivity index (χ4n) is 0.790. The number of allylic oxidation sites excluding steroid dienone is 1. The van der Waals surface area contributed by atoms with E-state index in [9.17, 15) is 4.79 Å². The van der Waals surface area contributed by atoms with E-state index in [0.29, 0.717) is 0 Å². The van der Waals surface area contributed by atoms with Crippen LogP contribution >= 0.6 is 0 Å². The quantitative estimate of drug-likeness (QED) is 0.469. The molecule has 1 aliphatic rings. The monoisotopic (exact) mass is 126 g/mol. The van der Waals surface area contributed by atoms with Gasteiger partial charge in [-0.05, 0) is 12.8 Å². The van der Waals surface area contributed by atoms with Crippen LogP contribution in [0.3, 0.4) is 0 Å². The van der Waals surface area contributed by atoms with Crippen LogP contribution in [0.25, 0.3) is 0 Å². The number of amides is 1. The third kappa shape index (κ3) is 1.29. The molecule has 1 amide bonds. The van der Waals surface area contributed by atoms with Crippen LogP contribution in [0, 0.1) is 0 Å². The largest absolute Gasteiger partial charge is 0.329 e. The maximum atomic E-state index is 10.7. The second kappa shape index (κ2) is 2.19. The molecule has 0 saturated carbocycles. The Kier molecular flexibility index (Phi) is 1.53. The van der Waals surface area contributed by atoms with Crippen LogP contribution < -0.4 is 11.1 Å². The molecule has 1 aliphatic heterocycles. The molecule has 0 unspecified atom stereocenters. The predicted octanol–water partition coefficient (Wildman–Crippen LogP) is -0.263. The zero-order valence-electron chi connectivity index (χ0n) is 5.18. The molecule has 0 aliphatic carbocycles. The van der Waals surface area contributed by atoms with Crippen molar-refractivity contribution in [3.8, 4) is 0 Å². The van der Waals surface area contributed by atoms with E-state index in [0.717, 1.165) is 18.5 Å². The van der Waals surface area contributed by atoms with Gasteiger partial charge >= 0.3 is 0 Å². The molecule has 0 spiro atoms. The molecule has 1 saturated heterocycles. The van der Waals surface area contributed by atoms with Gasteiger partial charge in [-0.1, -0.05) is 6.58 Å². The minimum atomic E-state index is -0.324. The average Bonchev–Trinajstić information content (AvgIpc) is 1.80. The van der Waals surface area contributed by atoms with Crippen molar-refractivity contribution in [2.45, 2.75) is 18.9 Å². The van der Waals surface area contributed by atoms with Gasteiger partial charge in [0.15, 0.2) is 0 Å². The molecule has 1 fully saturated rings. The van der Waals surface area contributed by atoms with Crippen LogP contribution in [0.2, 0.25) is 0 Å². The highest BCUT2D eigenvalue weighted by molar-refractivity contribution is 5.83. The van der Waals surface area contributed by atoms with E-state index >= 15 is 0 Å². The molecule has 0 aromatic rings. The van der Waals surface area contributed by atoms with E-state index in [1.165, 1.54) is 0 Å². The van der Waals surface area contributed by atoms with Crippen LogP contribution in [-0.4, -0.2) is 11.9 Å². The molecule has 1 heterocycles. The Morgan fingerprint density at radius 1 is 1.78 bits per heavy atom. The first-order chi connectivity index (χ1) is 4.20. The molecule has 50 valence electrons. The molecule has 0 radical (unpaired) electrons. The maximum Gasteiger partial charge on any atom is 0.241 e. The van der Waals surface area contributed by atoms with E-state index < -0.39 is 0 Å². The Morgan fingerprint density at radius 3 is 2.89 bits per heavy atom. The molecule has 3 N–H and O–H groups in total. The molecule has 3 nitrogen and oxygen atoms in total. The van der Waals surface area contributed by atoms with Crippen molar-refractivity contribution < 1.29 is 4.79 Å². The standard InChI is InChI=1S/C6H10N2O/c1-4-2-3-5(7)6(9)8-4/h5H,1-3,7H2,(H,8,9)/t5-/m0/s1. The summed E-state index contributed by atoms with van der Waals surface area (Å²) in [5, 5.41) is 2.57. The third-order valence-corrected chi connectivity index (χ3v) is 1.39. The fourth-order valence-corrected chi connectivity index (χ4v) is 0.790. The first-order valence-corrected chi connectivity index (χ1v) is 2.94. The summed E-state index contributed by atoms with van der Waals surface area (Å²) >= 11 is 0. The van der Waals surface area contributed by atoms with Gasteiger partial charge < -0.3 is 11.1 Å². The van der Waals surface area contributed by atoms with Gasteiger partial charge in [-0.25, -0.2) is 0 Å². The van der Waals surface area contributed by atoms with E-state index in [-0.39, 0.29) is 11.9 Å². The highest BCUT2D eigenvalue weighted by Crippen LogP contribution is 2.07. The molecule has 9 heavy (non-hydrogen) atoms. The van der Waals surface area contributed by atoms with Gasteiger partial charge in [0.2, 0.25) is 5.91 Å². The normalized spacial score (nSPS) is 27.9. The number of carbonyl (C=O) groups is 1. The Bertz CT molecular complexity index is 153. The number of carbonyl (C=O) groups excluding carboxylic acids is 1. The van der Waals surface area contributed by atoms with E-state index in [1.807, 2.05) is 0 Å². The van der Waals surface area contributed by atoms with Crippen molar-refractivity contribution in [3.05, 3.63) is 12.3 Å². The average molecular weight is 126 g/mol. The summed E-state index contributed by atoms with van der Waals surface area (Å²) in [5.41, 5.74) is 6.17. The van der Waals surface area contributed by atoms with Gasteiger partial charge in [0.05, 0.1) is 6.04 Å². The van der Waals surface area contributed by atoms with Crippen molar-refractivity contribution in [1.29, 1.82) is 0 Å². The SMILES string of the molecule is C=C1CC[C@H](N)C(=O)N1. The Hall–Kier alpha value is -0.830.